The van der Waals surface area contributed by atoms with Gasteiger partial charge in [0.1, 0.15) is 0 Å². The first-order chi connectivity index (χ1) is 8.56. The topological polar surface area (TPSA) is 101 Å². The molecule has 0 fully saturated rings. The third-order valence-electron chi connectivity index (χ3n) is 2.52. The number of H-pyrrole nitrogens is 1. The molecule has 0 saturated carbocycles. The molecule has 2 aromatic rings. The molecular formula is C11H15N3O3S. The summed E-state index contributed by atoms with van der Waals surface area (Å²) in [4.78, 5) is 13.6. The Hall–Kier alpha value is -1.76. The molecule has 0 radical (unpaired) electrons. The second kappa shape index (κ2) is 5.26. The van der Waals surface area contributed by atoms with E-state index in [0.29, 0.717) is 29.1 Å². The maximum absolute atomic E-state index is 11.0. The molecule has 0 saturated heterocycles. The summed E-state index contributed by atoms with van der Waals surface area (Å²) in [5.74, 6) is 0.153. The number of benzene rings is 1. The van der Waals surface area contributed by atoms with Gasteiger partial charge in [0.25, 0.3) is 0 Å². The predicted molar refractivity (Wildman–Crippen MR) is 73.3 cm³/mol. The number of oxazole rings is 1. The smallest absolute Gasteiger partial charge is 0.408 e. The van der Waals surface area contributed by atoms with Crippen LogP contribution >= 0.6 is 0 Å². The zero-order valence-corrected chi connectivity index (χ0v) is 10.8. The summed E-state index contributed by atoms with van der Waals surface area (Å²) in [5.41, 5.74) is 8.14. The van der Waals surface area contributed by atoms with Crippen molar-refractivity contribution in [3.63, 3.8) is 0 Å². The van der Waals surface area contributed by atoms with Gasteiger partial charge in [0.2, 0.25) is 0 Å². The third-order valence-corrected chi connectivity index (χ3v) is 3.38. The molecule has 6 nitrogen and oxygen atoms in total. The molecule has 1 aromatic heterocycles. The van der Waals surface area contributed by atoms with Crippen molar-refractivity contribution in [2.45, 2.75) is 6.42 Å². The van der Waals surface area contributed by atoms with Crippen LogP contribution in [-0.4, -0.2) is 27.7 Å². The van der Waals surface area contributed by atoms with Crippen molar-refractivity contribution >= 4 is 33.3 Å². The molecule has 0 aliphatic heterocycles. The Morgan fingerprint density at radius 2 is 2.28 bits per heavy atom. The van der Waals surface area contributed by atoms with Crippen molar-refractivity contribution in [3.05, 3.63) is 22.7 Å². The minimum atomic E-state index is -0.781. The summed E-state index contributed by atoms with van der Waals surface area (Å²) in [6.07, 6.45) is 2.47. The summed E-state index contributed by atoms with van der Waals surface area (Å²) in [6.45, 7) is 0.678. The quantitative estimate of drug-likeness (QED) is 0.552. The van der Waals surface area contributed by atoms with Gasteiger partial charge in [-0.3, -0.25) is 9.19 Å². The molecule has 1 unspecified atom stereocenters. The second-order valence-electron chi connectivity index (χ2n) is 4.01. The zero-order valence-electron chi connectivity index (χ0n) is 9.99. The van der Waals surface area contributed by atoms with E-state index >= 15 is 0 Å². The molecule has 0 aliphatic carbocycles. The van der Waals surface area contributed by atoms with Crippen LogP contribution < -0.4 is 16.8 Å². The molecule has 1 heterocycles. The molecule has 4 N–H and O–H groups in total. The fourth-order valence-electron chi connectivity index (χ4n) is 1.66. The van der Waals surface area contributed by atoms with E-state index < -0.39 is 16.6 Å². The summed E-state index contributed by atoms with van der Waals surface area (Å²) in [6, 6.07) is 3.34. The summed E-state index contributed by atoms with van der Waals surface area (Å²) >= 11 is 0. The van der Waals surface area contributed by atoms with Crippen LogP contribution in [0.15, 0.2) is 21.3 Å². The second-order valence-corrected chi connectivity index (χ2v) is 5.56. The number of aromatic amines is 1. The van der Waals surface area contributed by atoms with Crippen LogP contribution in [-0.2, 0) is 10.8 Å². The van der Waals surface area contributed by atoms with Gasteiger partial charge in [0, 0.05) is 35.4 Å². The van der Waals surface area contributed by atoms with Crippen molar-refractivity contribution in [3.8, 4) is 0 Å². The lowest BCUT2D eigenvalue weighted by atomic mass is 10.2. The van der Waals surface area contributed by atoms with Crippen LogP contribution in [0.2, 0.25) is 0 Å². The number of nitrogens with two attached hydrogens (primary N) is 1. The number of anilines is 2. The predicted octanol–water partition coefficient (Wildman–Crippen LogP) is 0.884. The minimum absolute atomic E-state index is 0.442. The Morgan fingerprint density at radius 3 is 3.00 bits per heavy atom. The van der Waals surface area contributed by atoms with Crippen molar-refractivity contribution in [1.82, 2.24) is 4.98 Å². The standard InChI is InChI=1S/C11H15N3O3S/c1-18(16)4-2-3-13-8-6-9-10(5-7(8)12)17-11(15)14-9/h5-6,13H,2-4,12H2,1H3,(H,14,15). The Morgan fingerprint density at radius 1 is 1.50 bits per heavy atom. The van der Waals surface area contributed by atoms with Crippen molar-refractivity contribution < 1.29 is 8.63 Å². The maximum atomic E-state index is 11.0. The zero-order chi connectivity index (χ0) is 13.1. The molecule has 0 bridgehead atoms. The van der Waals surface area contributed by atoms with E-state index in [1.165, 1.54) is 0 Å². The van der Waals surface area contributed by atoms with E-state index in [2.05, 4.69) is 10.3 Å². The number of nitrogens with one attached hydrogen (secondary N) is 2. The lowest BCUT2D eigenvalue weighted by Crippen LogP contribution is -2.07. The van der Waals surface area contributed by atoms with E-state index in [-0.39, 0.29) is 0 Å². The fourth-order valence-corrected chi connectivity index (χ4v) is 2.22. The molecule has 0 spiro atoms. The molecule has 0 aliphatic rings. The molecule has 1 atom stereocenters. The summed E-state index contributed by atoms with van der Waals surface area (Å²) in [5, 5.41) is 3.15. The highest BCUT2D eigenvalue weighted by atomic mass is 32.2. The Balaban J connectivity index is 2.10. The number of fused-ring (bicyclic) bond motifs is 1. The Bertz CT molecular complexity index is 632. The number of nitrogen functional groups attached to an aromatic ring is 1. The van der Waals surface area contributed by atoms with E-state index in [1.54, 1.807) is 18.4 Å². The fraction of sp³-hybridized carbons (Fsp3) is 0.364. The number of hydrogen-bond acceptors (Lipinski definition) is 5. The third kappa shape index (κ3) is 2.92. The van der Waals surface area contributed by atoms with Crippen LogP contribution in [0, 0.1) is 0 Å². The normalized spacial score (nSPS) is 12.7. The molecule has 0 amide bonds. The van der Waals surface area contributed by atoms with Gasteiger partial charge >= 0.3 is 5.76 Å². The first-order valence-electron chi connectivity index (χ1n) is 5.52. The van der Waals surface area contributed by atoms with Crippen LogP contribution in [0.1, 0.15) is 6.42 Å². The molecular weight excluding hydrogens is 254 g/mol. The van der Waals surface area contributed by atoms with Gasteiger partial charge in [0.15, 0.2) is 5.58 Å². The van der Waals surface area contributed by atoms with E-state index in [9.17, 15) is 9.00 Å². The van der Waals surface area contributed by atoms with Crippen molar-refractivity contribution in [2.75, 3.05) is 29.6 Å². The highest BCUT2D eigenvalue weighted by Crippen LogP contribution is 2.24. The first kappa shape index (κ1) is 12.7. The van der Waals surface area contributed by atoms with Gasteiger partial charge in [-0.05, 0) is 12.5 Å². The molecule has 7 heteroatoms. The lowest BCUT2D eigenvalue weighted by Gasteiger charge is -2.08. The Kier molecular flexibility index (Phi) is 3.71. The average Bonchev–Trinajstić information content (AvgIpc) is 2.63. The number of hydrogen-bond donors (Lipinski definition) is 3. The largest absolute Gasteiger partial charge is 0.417 e. The first-order valence-corrected chi connectivity index (χ1v) is 7.25. The highest BCUT2D eigenvalue weighted by molar-refractivity contribution is 7.84. The molecule has 98 valence electrons. The minimum Gasteiger partial charge on any atom is -0.408 e. The van der Waals surface area contributed by atoms with Gasteiger partial charge in [-0.25, -0.2) is 4.79 Å². The van der Waals surface area contributed by atoms with Gasteiger partial charge in [0.05, 0.1) is 16.9 Å². The van der Waals surface area contributed by atoms with Crippen LogP contribution in [0.25, 0.3) is 11.1 Å². The van der Waals surface area contributed by atoms with Gasteiger partial charge < -0.3 is 15.5 Å². The number of aromatic nitrogens is 1. The van der Waals surface area contributed by atoms with Crippen molar-refractivity contribution in [2.24, 2.45) is 0 Å². The average molecular weight is 269 g/mol. The van der Waals surface area contributed by atoms with Gasteiger partial charge in [-0.15, -0.1) is 0 Å². The van der Waals surface area contributed by atoms with E-state index in [1.807, 2.05) is 0 Å². The monoisotopic (exact) mass is 269 g/mol. The van der Waals surface area contributed by atoms with Crippen LogP contribution in [0.3, 0.4) is 0 Å². The SMILES string of the molecule is CS(=O)CCCNc1cc2[nH]c(=O)oc2cc1N. The lowest BCUT2D eigenvalue weighted by molar-refractivity contribution is 0.555. The van der Waals surface area contributed by atoms with Gasteiger partial charge in [-0.1, -0.05) is 0 Å². The van der Waals surface area contributed by atoms with Crippen molar-refractivity contribution in [1.29, 1.82) is 0 Å². The van der Waals surface area contributed by atoms with E-state index in [0.717, 1.165) is 12.1 Å². The number of rotatable bonds is 5. The van der Waals surface area contributed by atoms with Gasteiger partial charge in [-0.2, -0.15) is 0 Å². The van der Waals surface area contributed by atoms with Crippen LogP contribution in [0.4, 0.5) is 11.4 Å². The summed E-state index contributed by atoms with van der Waals surface area (Å²) in [7, 11) is -0.781. The molecule has 1 aromatic carbocycles. The Labute approximate surface area is 106 Å². The maximum Gasteiger partial charge on any atom is 0.417 e. The highest BCUT2D eigenvalue weighted by Gasteiger charge is 2.06. The van der Waals surface area contributed by atoms with Crippen LogP contribution in [0.5, 0.6) is 0 Å². The molecule has 2 rings (SSSR count). The molecule has 18 heavy (non-hydrogen) atoms. The summed E-state index contributed by atoms with van der Waals surface area (Å²) < 4.78 is 15.8. The van der Waals surface area contributed by atoms with E-state index in [4.69, 9.17) is 10.2 Å².